The molecular weight excluding hydrogens is 462 g/mol. The topological polar surface area (TPSA) is 68.9 Å². The summed E-state index contributed by atoms with van der Waals surface area (Å²) in [6, 6.07) is 24.6. The number of thioether (sulfide) groups is 1. The number of Topliss-reactive ketones (excluding diaryl/α,β-unsaturated/α-hetero) is 1. The van der Waals surface area contributed by atoms with Crippen LogP contribution in [0.1, 0.15) is 40.2 Å². The Kier molecular flexibility index (Phi) is 5.36. The normalized spacial score (nSPS) is 15.6. The van der Waals surface area contributed by atoms with Crippen molar-refractivity contribution in [2.75, 3.05) is 0 Å². The van der Waals surface area contributed by atoms with Crippen LogP contribution in [0.5, 0.6) is 0 Å². The largest absolute Gasteiger partial charge is 0.293 e. The second-order valence-electron chi connectivity index (χ2n) is 8.05. The van der Waals surface area contributed by atoms with Crippen molar-refractivity contribution in [2.45, 2.75) is 18.6 Å². The Morgan fingerprint density at radius 2 is 1.56 bits per heavy atom. The number of carbonyl (C=O) groups is 1. The number of rotatable bonds is 5. The van der Waals surface area contributed by atoms with Crippen LogP contribution in [0.3, 0.4) is 0 Å². The lowest BCUT2D eigenvalue weighted by Crippen LogP contribution is -2.08. The van der Waals surface area contributed by atoms with Crippen LogP contribution in [-0.4, -0.2) is 21.1 Å². The van der Waals surface area contributed by atoms with Gasteiger partial charge in [-0.25, -0.2) is 9.61 Å². The van der Waals surface area contributed by atoms with E-state index in [1.54, 1.807) is 30.0 Å². The quantitative estimate of drug-likeness (QED) is 0.243. The molecule has 0 aliphatic carbocycles. The summed E-state index contributed by atoms with van der Waals surface area (Å²) in [6.07, 6.45) is 3.00. The molecule has 1 unspecified atom stereocenters. The number of hydrogen-bond donors (Lipinski definition) is 0. The third-order valence-electron chi connectivity index (χ3n) is 5.84. The highest BCUT2D eigenvalue weighted by molar-refractivity contribution is 8.08. The van der Waals surface area contributed by atoms with Gasteiger partial charge in [-0.1, -0.05) is 66.7 Å². The molecule has 0 bridgehead atoms. The highest BCUT2D eigenvalue weighted by Gasteiger charge is 2.31. The van der Waals surface area contributed by atoms with Crippen molar-refractivity contribution in [3.8, 4) is 21.0 Å². The lowest BCUT2D eigenvalue weighted by atomic mass is 10.0. The molecule has 5 nitrogen and oxygen atoms in total. The fourth-order valence-corrected chi connectivity index (χ4v) is 6.56. The number of pyridine rings is 1. The number of carbonyl (C=O) groups excluding carboxylic acids is 1. The standard InChI is InChI=1S/C27H19N3O2S2/c1-16(31)24-23(21-14-12-19(33-21)17-8-4-2-5-9-17)26-27(30-32-29-26)25(28-24)22-15-13-20(34-22)18-10-6-3-7-11-18/h2-13,15,21H,14H2,1H3. The van der Waals surface area contributed by atoms with Crippen molar-refractivity contribution in [3.63, 3.8) is 0 Å². The Labute approximate surface area is 204 Å². The molecule has 0 saturated heterocycles. The number of aromatic nitrogens is 3. The Morgan fingerprint density at radius 1 is 0.882 bits per heavy atom. The Bertz CT molecular complexity index is 1540. The van der Waals surface area contributed by atoms with Crippen molar-refractivity contribution < 1.29 is 9.42 Å². The number of thiophene rings is 1. The molecule has 7 heteroatoms. The minimum absolute atomic E-state index is 0.0215. The van der Waals surface area contributed by atoms with Gasteiger partial charge in [-0.15, -0.1) is 23.1 Å². The minimum Gasteiger partial charge on any atom is -0.293 e. The van der Waals surface area contributed by atoms with E-state index < -0.39 is 0 Å². The summed E-state index contributed by atoms with van der Waals surface area (Å²) >= 11 is 3.35. The molecule has 1 aliphatic heterocycles. The molecule has 1 aliphatic rings. The van der Waals surface area contributed by atoms with Crippen LogP contribution in [-0.2, 0) is 0 Å². The van der Waals surface area contributed by atoms with Crippen molar-refractivity contribution in [1.82, 2.24) is 15.3 Å². The zero-order valence-electron chi connectivity index (χ0n) is 18.3. The number of hydrogen-bond acceptors (Lipinski definition) is 7. The average molecular weight is 482 g/mol. The van der Waals surface area contributed by atoms with Crippen LogP contribution in [0.4, 0.5) is 0 Å². The summed E-state index contributed by atoms with van der Waals surface area (Å²) in [7, 11) is 0. The van der Waals surface area contributed by atoms with Gasteiger partial charge in [-0.3, -0.25) is 4.79 Å². The molecular formula is C27H19N3O2S2. The molecule has 0 spiro atoms. The summed E-state index contributed by atoms with van der Waals surface area (Å²) < 4.78 is 5.19. The summed E-state index contributed by atoms with van der Waals surface area (Å²) in [6.45, 7) is 1.56. The number of ketones is 1. The first-order chi connectivity index (χ1) is 16.7. The Hall–Kier alpha value is -3.55. The first-order valence-electron chi connectivity index (χ1n) is 10.9. The molecule has 3 aromatic heterocycles. The van der Waals surface area contributed by atoms with E-state index >= 15 is 0 Å². The second kappa shape index (κ2) is 8.66. The number of benzene rings is 2. The van der Waals surface area contributed by atoms with E-state index in [1.807, 2.05) is 42.5 Å². The van der Waals surface area contributed by atoms with Gasteiger partial charge >= 0.3 is 0 Å². The Balaban J connectivity index is 1.43. The minimum atomic E-state index is -0.0882. The van der Waals surface area contributed by atoms with E-state index in [4.69, 9.17) is 9.61 Å². The first-order valence-corrected chi connectivity index (χ1v) is 12.6. The van der Waals surface area contributed by atoms with Crippen LogP contribution >= 0.6 is 23.1 Å². The van der Waals surface area contributed by atoms with Crippen LogP contribution in [0.2, 0.25) is 0 Å². The lowest BCUT2D eigenvalue weighted by Gasteiger charge is -2.15. The molecule has 1 atom stereocenters. The van der Waals surface area contributed by atoms with E-state index in [1.165, 1.54) is 10.5 Å². The van der Waals surface area contributed by atoms with Crippen molar-refractivity contribution in [3.05, 3.63) is 95.7 Å². The zero-order valence-corrected chi connectivity index (χ0v) is 19.9. The molecule has 0 saturated carbocycles. The smallest absolute Gasteiger partial charge is 0.178 e. The molecule has 0 N–H and O–H groups in total. The predicted octanol–water partition coefficient (Wildman–Crippen LogP) is 7.44. The Morgan fingerprint density at radius 3 is 2.29 bits per heavy atom. The van der Waals surface area contributed by atoms with Gasteiger partial charge in [0.05, 0.1) is 4.88 Å². The molecule has 0 amide bonds. The SMILES string of the molecule is CC(=O)c1nc(-c2ccc(-c3ccccc3)s2)c2nonc2c1C1CC=C(c2ccccc2)S1. The maximum Gasteiger partial charge on any atom is 0.178 e. The van der Waals surface area contributed by atoms with E-state index in [0.29, 0.717) is 22.4 Å². The van der Waals surface area contributed by atoms with Gasteiger partial charge in [0, 0.05) is 27.5 Å². The van der Waals surface area contributed by atoms with Crippen molar-refractivity contribution in [1.29, 1.82) is 0 Å². The van der Waals surface area contributed by atoms with Gasteiger partial charge in [0.1, 0.15) is 16.9 Å². The fourth-order valence-electron chi connectivity index (χ4n) is 4.25. The van der Waals surface area contributed by atoms with E-state index in [2.05, 4.69) is 46.7 Å². The number of fused-ring (bicyclic) bond motifs is 1. The molecule has 2 aromatic carbocycles. The van der Waals surface area contributed by atoms with Crippen LogP contribution in [0.15, 0.2) is 83.5 Å². The third-order valence-corrected chi connectivity index (χ3v) is 8.35. The summed E-state index contributed by atoms with van der Waals surface area (Å²) in [4.78, 5) is 20.9. The van der Waals surface area contributed by atoms with Gasteiger partial charge in [-0.05, 0) is 40.0 Å². The number of allylic oxidation sites excluding steroid dienone is 1. The maximum atomic E-state index is 12.8. The van der Waals surface area contributed by atoms with Crippen molar-refractivity contribution in [2.24, 2.45) is 0 Å². The van der Waals surface area contributed by atoms with Gasteiger partial charge in [-0.2, -0.15) is 0 Å². The highest BCUT2D eigenvalue weighted by Crippen LogP contribution is 2.51. The predicted molar refractivity (Wildman–Crippen MR) is 138 cm³/mol. The molecule has 0 fully saturated rings. The maximum absolute atomic E-state index is 12.8. The molecule has 6 rings (SSSR count). The molecule has 166 valence electrons. The molecule has 5 aromatic rings. The first kappa shape index (κ1) is 21.0. The van der Waals surface area contributed by atoms with Gasteiger partial charge in [0.2, 0.25) is 0 Å². The van der Waals surface area contributed by atoms with E-state index in [9.17, 15) is 4.79 Å². The van der Waals surface area contributed by atoms with Gasteiger partial charge in [0.25, 0.3) is 0 Å². The van der Waals surface area contributed by atoms with Crippen LogP contribution in [0, 0.1) is 0 Å². The molecule has 0 radical (unpaired) electrons. The number of nitrogens with zero attached hydrogens (tertiary/aromatic N) is 3. The highest BCUT2D eigenvalue weighted by atomic mass is 32.2. The molecule has 4 heterocycles. The van der Waals surface area contributed by atoms with E-state index in [-0.39, 0.29) is 11.0 Å². The average Bonchev–Trinajstić information content (AvgIpc) is 3.65. The van der Waals surface area contributed by atoms with E-state index in [0.717, 1.165) is 27.3 Å². The summed E-state index contributed by atoms with van der Waals surface area (Å²) in [5.74, 6) is -0.0882. The fraction of sp³-hybridized carbons (Fsp3) is 0.111. The van der Waals surface area contributed by atoms with Gasteiger partial charge < -0.3 is 0 Å². The summed E-state index contributed by atoms with van der Waals surface area (Å²) in [5, 5.41) is 8.47. The van der Waals surface area contributed by atoms with Crippen LogP contribution in [0.25, 0.3) is 37.0 Å². The van der Waals surface area contributed by atoms with Gasteiger partial charge in [0.15, 0.2) is 11.3 Å². The van der Waals surface area contributed by atoms with Crippen molar-refractivity contribution >= 4 is 44.8 Å². The zero-order chi connectivity index (χ0) is 23.1. The second-order valence-corrected chi connectivity index (χ2v) is 10.4. The third kappa shape index (κ3) is 3.67. The lowest BCUT2D eigenvalue weighted by molar-refractivity contribution is 0.101. The van der Waals surface area contributed by atoms with Crippen LogP contribution < -0.4 is 0 Å². The monoisotopic (exact) mass is 481 g/mol. The molecule has 34 heavy (non-hydrogen) atoms. The summed E-state index contributed by atoms with van der Waals surface area (Å²) in [5.41, 5.74) is 5.40.